The van der Waals surface area contributed by atoms with E-state index in [1.165, 1.54) is 6.42 Å². The lowest BCUT2D eigenvalue weighted by Gasteiger charge is -2.37. The SMILES string of the molecule is CC1(C)CCC(CN2CC(O)C2)O1. The summed E-state index contributed by atoms with van der Waals surface area (Å²) >= 11 is 0. The van der Waals surface area contributed by atoms with Crippen molar-refractivity contribution < 1.29 is 9.84 Å². The number of likely N-dealkylation sites (tertiary alicyclic amines) is 1. The van der Waals surface area contributed by atoms with Gasteiger partial charge in [0.1, 0.15) is 0 Å². The number of hydrogen-bond acceptors (Lipinski definition) is 3. The van der Waals surface area contributed by atoms with Gasteiger partial charge in [-0.15, -0.1) is 0 Å². The van der Waals surface area contributed by atoms with Gasteiger partial charge in [-0.3, -0.25) is 4.90 Å². The fourth-order valence-electron chi connectivity index (χ4n) is 2.19. The fourth-order valence-corrected chi connectivity index (χ4v) is 2.19. The molecule has 0 saturated carbocycles. The minimum Gasteiger partial charge on any atom is -0.390 e. The van der Waals surface area contributed by atoms with E-state index in [1.807, 2.05) is 0 Å². The van der Waals surface area contributed by atoms with Crippen LogP contribution < -0.4 is 0 Å². The molecule has 2 rings (SSSR count). The van der Waals surface area contributed by atoms with E-state index in [-0.39, 0.29) is 11.7 Å². The summed E-state index contributed by atoms with van der Waals surface area (Å²) in [6.07, 6.45) is 2.63. The molecular formula is C10H19NO2. The quantitative estimate of drug-likeness (QED) is 0.684. The maximum absolute atomic E-state index is 9.11. The van der Waals surface area contributed by atoms with E-state index in [9.17, 15) is 0 Å². The third-order valence-electron chi connectivity index (χ3n) is 2.95. The van der Waals surface area contributed by atoms with Crippen LogP contribution in [-0.4, -0.2) is 47.4 Å². The highest BCUT2D eigenvalue weighted by atomic mass is 16.5. The van der Waals surface area contributed by atoms with Gasteiger partial charge in [-0.25, -0.2) is 0 Å². The molecule has 2 fully saturated rings. The Hall–Kier alpha value is -0.120. The number of β-amino-alcohol motifs (C(OH)–C–C–N with tert-alkyl or cyclic N) is 1. The summed E-state index contributed by atoms with van der Waals surface area (Å²) < 4.78 is 5.87. The normalized spacial score (nSPS) is 34.8. The van der Waals surface area contributed by atoms with E-state index in [0.717, 1.165) is 26.1 Å². The van der Waals surface area contributed by atoms with Crippen LogP contribution in [-0.2, 0) is 4.74 Å². The van der Waals surface area contributed by atoms with Crippen molar-refractivity contribution in [3.8, 4) is 0 Å². The van der Waals surface area contributed by atoms with E-state index < -0.39 is 0 Å². The van der Waals surface area contributed by atoms with Crippen molar-refractivity contribution in [3.05, 3.63) is 0 Å². The first-order chi connectivity index (χ1) is 6.05. The fraction of sp³-hybridized carbons (Fsp3) is 1.00. The first-order valence-corrected chi connectivity index (χ1v) is 5.13. The van der Waals surface area contributed by atoms with Gasteiger partial charge in [0.2, 0.25) is 0 Å². The standard InChI is InChI=1S/C10H19NO2/c1-10(2)4-3-9(13-10)7-11-5-8(12)6-11/h8-9,12H,3-7H2,1-2H3. The maximum Gasteiger partial charge on any atom is 0.0793 e. The van der Waals surface area contributed by atoms with Gasteiger partial charge in [0.15, 0.2) is 0 Å². The molecule has 2 saturated heterocycles. The van der Waals surface area contributed by atoms with Crippen molar-refractivity contribution >= 4 is 0 Å². The molecule has 2 aliphatic rings. The van der Waals surface area contributed by atoms with Gasteiger partial charge < -0.3 is 9.84 Å². The van der Waals surface area contributed by atoms with E-state index in [1.54, 1.807) is 0 Å². The molecule has 0 aromatic heterocycles. The molecule has 3 nitrogen and oxygen atoms in total. The van der Waals surface area contributed by atoms with Crippen molar-refractivity contribution in [2.24, 2.45) is 0 Å². The molecule has 0 aromatic carbocycles. The molecule has 3 heteroatoms. The zero-order chi connectivity index (χ0) is 9.47. The van der Waals surface area contributed by atoms with Gasteiger partial charge in [-0.05, 0) is 26.7 Å². The molecule has 0 bridgehead atoms. The summed E-state index contributed by atoms with van der Waals surface area (Å²) in [4.78, 5) is 2.26. The summed E-state index contributed by atoms with van der Waals surface area (Å²) in [6.45, 7) is 6.97. The molecule has 0 amide bonds. The highest BCUT2D eigenvalue weighted by molar-refractivity contribution is 4.86. The Morgan fingerprint density at radius 2 is 2.15 bits per heavy atom. The number of ether oxygens (including phenoxy) is 1. The minimum atomic E-state index is -0.0885. The van der Waals surface area contributed by atoms with Crippen molar-refractivity contribution in [2.75, 3.05) is 19.6 Å². The number of aliphatic hydroxyl groups is 1. The first-order valence-electron chi connectivity index (χ1n) is 5.13. The topological polar surface area (TPSA) is 32.7 Å². The molecule has 2 aliphatic heterocycles. The van der Waals surface area contributed by atoms with Gasteiger partial charge in [-0.1, -0.05) is 0 Å². The van der Waals surface area contributed by atoms with Crippen molar-refractivity contribution in [3.63, 3.8) is 0 Å². The van der Waals surface area contributed by atoms with Crippen LogP contribution in [0.2, 0.25) is 0 Å². The summed E-state index contributed by atoms with van der Waals surface area (Å²) in [5.41, 5.74) is 0.0775. The zero-order valence-corrected chi connectivity index (χ0v) is 8.49. The highest BCUT2D eigenvalue weighted by Crippen LogP contribution is 2.30. The second-order valence-electron chi connectivity index (χ2n) is 4.91. The van der Waals surface area contributed by atoms with Crippen LogP contribution >= 0.6 is 0 Å². The van der Waals surface area contributed by atoms with Crippen LogP contribution in [0.25, 0.3) is 0 Å². The third kappa shape index (κ3) is 2.22. The molecular weight excluding hydrogens is 166 g/mol. The smallest absolute Gasteiger partial charge is 0.0793 e. The van der Waals surface area contributed by atoms with Crippen LogP contribution in [0.1, 0.15) is 26.7 Å². The predicted molar refractivity (Wildman–Crippen MR) is 50.6 cm³/mol. The first kappa shape index (κ1) is 9.44. The predicted octanol–water partition coefficient (Wildman–Crippen LogP) is 0.620. The largest absolute Gasteiger partial charge is 0.390 e. The summed E-state index contributed by atoms with van der Waals surface area (Å²) in [6, 6.07) is 0. The molecule has 1 N–H and O–H groups in total. The minimum absolute atomic E-state index is 0.0775. The Bertz CT molecular complexity index is 187. The third-order valence-corrected chi connectivity index (χ3v) is 2.95. The molecule has 1 unspecified atom stereocenters. The van der Waals surface area contributed by atoms with E-state index in [2.05, 4.69) is 18.7 Å². The lowest BCUT2D eigenvalue weighted by molar-refractivity contribution is -0.0615. The molecule has 1 atom stereocenters. The van der Waals surface area contributed by atoms with Crippen molar-refractivity contribution in [1.29, 1.82) is 0 Å². The van der Waals surface area contributed by atoms with E-state index in [0.29, 0.717) is 6.10 Å². The average molecular weight is 185 g/mol. The highest BCUT2D eigenvalue weighted by Gasteiger charge is 2.34. The molecule has 0 aliphatic carbocycles. The Labute approximate surface area is 79.7 Å². The van der Waals surface area contributed by atoms with Crippen LogP contribution in [0.3, 0.4) is 0 Å². The van der Waals surface area contributed by atoms with Crippen LogP contribution in [0.5, 0.6) is 0 Å². The Kier molecular flexibility index (Phi) is 2.34. The lowest BCUT2D eigenvalue weighted by Crippen LogP contribution is -2.53. The van der Waals surface area contributed by atoms with Crippen LogP contribution in [0.15, 0.2) is 0 Å². The molecule has 2 heterocycles. The average Bonchev–Trinajstić information content (AvgIpc) is 2.27. The molecule has 76 valence electrons. The van der Waals surface area contributed by atoms with Crippen LogP contribution in [0, 0.1) is 0 Å². The molecule has 13 heavy (non-hydrogen) atoms. The molecule has 0 aromatic rings. The second-order valence-corrected chi connectivity index (χ2v) is 4.91. The maximum atomic E-state index is 9.11. The van der Waals surface area contributed by atoms with Gasteiger partial charge in [-0.2, -0.15) is 0 Å². The Morgan fingerprint density at radius 3 is 2.62 bits per heavy atom. The summed E-state index contributed by atoms with van der Waals surface area (Å²) in [5, 5.41) is 9.11. The van der Waals surface area contributed by atoms with Crippen LogP contribution in [0.4, 0.5) is 0 Å². The molecule has 0 spiro atoms. The Morgan fingerprint density at radius 1 is 1.46 bits per heavy atom. The summed E-state index contributed by atoms with van der Waals surface area (Å²) in [5.74, 6) is 0. The Balaban J connectivity index is 1.72. The number of nitrogens with zero attached hydrogens (tertiary/aromatic N) is 1. The van der Waals surface area contributed by atoms with E-state index in [4.69, 9.17) is 9.84 Å². The summed E-state index contributed by atoms with van der Waals surface area (Å²) in [7, 11) is 0. The van der Waals surface area contributed by atoms with Gasteiger partial charge in [0, 0.05) is 19.6 Å². The van der Waals surface area contributed by atoms with Crippen molar-refractivity contribution in [1.82, 2.24) is 4.90 Å². The number of hydrogen-bond donors (Lipinski definition) is 1. The monoisotopic (exact) mass is 185 g/mol. The van der Waals surface area contributed by atoms with Gasteiger partial charge in [0.25, 0.3) is 0 Å². The molecule has 0 radical (unpaired) electrons. The number of aliphatic hydroxyl groups excluding tert-OH is 1. The lowest BCUT2D eigenvalue weighted by atomic mass is 10.0. The second kappa shape index (κ2) is 3.23. The van der Waals surface area contributed by atoms with Gasteiger partial charge >= 0.3 is 0 Å². The number of rotatable bonds is 2. The van der Waals surface area contributed by atoms with Gasteiger partial charge in [0.05, 0.1) is 17.8 Å². The van der Waals surface area contributed by atoms with E-state index >= 15 is 0 Å². The van der Waals surface area contributed by atoms with Crippen molar-refractivity contribution in [2.45, 2.75) is 44.5 Å². The zero-order valence-electron chi connectivity index (χ0n) is 8.49.